The summed E-state index contributed by atoms with van der Waals surface area (Å²) in [6.45, 7) is 13.0. The molecule has 5 nitrogen and oxygen atoms in total. The smallest absolute Gasteiger partial charge is 0.148 e. The summed E-state index contributed by atoms with van der Waals surface area (Å²) in [5.74, 6) is 7.34. The molecule has 1 aromatic rings. The Bertz CT molecular complexity index is 395. The van der Waals surface area contributed by atoms with Crippen molar-refractivity contribution in [2.75, 3.05) is 10.7 Å². The van der Waals surface area contributed by atoms with Gasteiger partial charge >= 0.3 is 0 Å². The lowest BCUT2D eigenvalue weighted by atomic mass is 9.88. The molecule has 0 radical (unpaired) electrons. The third kappa shape index (κ3) is 3.32. The van der Waals surface area contributed by atoms with Crippen molar-refractivity contribution in [2.45, 2.75) is 53.5 Å². The average Bonchev–Trinajstić information content (AvgIpc) is 2.26. The molecule has 1 unspecified atom stereocenters. The second-order valence-corrected chi connectivity index (χ2v) is 6.02. The lowest BCUT2D eigenvalue weighted by molar-refractivity contribution is 0.358. The van der Waals surface area contributed by atoms with Gasteiger partial charge in [0.15, 0.2) is 0 Å². The van der Waals surface area contributed by atoms with Crippen molar-refractivity contribution < 1.29 is 0 Å². The van der Waals surface area contributed by atoms with Gasteiger partial charge < -0.3 is 10.7 Å². The van der Waals surface area contributed by atoms with E-state index < -0.39 is 0 Å². The second kappa shape index (κ2) is 5.52. The van der Waals surface area contributed by atoms with Crippen molar-refractivity contribution in [2.24, 2.45) is 11.3 Å². The predicted octanol–water partition coefficient (Wildman–Crippen LogP) is 2.73. The Hall–Kier alpha value is -1.36. The highest BCUT2D eigenvalue weighted by Crippen LogP contribution is 2.30. The SMILES string of the molecule is CC(C)c1c(NN)ncnc1NC(C)C(C)(C)C. The normalized spacial score (nSPS) is 13.6. The Morgan fingerprint density at radius 2 is 1.67 bits per heavy atom. The number of hydrogen-bond donors (Lipinski definition) is 3. The molecule has 18 heavy (non-hydrogen) atoms. The molecular weight excluding hydrogens is 226 g/mol. The van der Waals surface area contributed by atoms with Gasteiger partial charge in [-0.05, 0) is 18.3 Å². The van der Waals surface area contributed by atoms with Crippen LogP contribution < -0.4 is 16.6 Å². The van der Waals surface area contributed by atoms with Gasteiger partial charge in [0.05, 0.1) is 0 Å². The van der Waals surface area contributed by atoms with E-state index in [0.717, 1.165) is 11.4 Å². The minimum atomic E-state index is 0.162. The number of nitrogens with zero attached hydrogens (tertiary/aromatic N) is 2. The Morgan fingerprint density at radius 3 is 2.11 bits per heavy atom. The van der Waals surface area contributed by atoms with Crippen LogP contribution in [0.3, 0.4) is 0 Å². The topological polar surface area (TPSA) is 75.9 Å². The summed E-state index contributed by atoms with van der Waals surface area (Å²) in [6, 6.07) is 0.301. The summed E-state index contributed by atoms with van der Waals surface area (Å²) >= 11 is 0. The fourth-order valence-corrected chi connectivity index (χ4v) is 1.59. The van der Waals surface area contributed by atoms with E-state index in [-0.39, 0.29) is 5.41 Å². The fraction of sp³-hybridized carbons (Fsp3) is 0.692. The lowest BCUT2D eigenvalue weighted by Crippen LogP contribution is -2.32. The lowest BCUT2D eigenvalue weighted by Gasteiger charge is -2.30. The van der Waals surface area contributed by atoms with Crippen LogP contribution in [0.1, 0.15) is 53.0 Å². The summed E-state index contributed by atoms with van der Waals surface area (Å²) in [7, 11) is 0. The largest absolute Gasteiger partial charge is 0.367 e. The molecule has 0 spiro atoms. The highest BCUT2D eigenvalue weighted by Gasteiger charge is 2.22. The van der Waals surface area contributed by atoms with Crippen molar-refractivity contribution in [3.05, 3.63) is 11.9 Å². The molecule has 5 heteroatoms. The van der Waals surface area contributed by atoms with E-state index in [0.29, 0.717) is 17.8 Å². The Kier molecular flexibility index (Phi) is 4.51. The number of hydrazine groups is 1. The molecule has 4 N–H and O–H groups in total. The van der Waals surface area contributed by atoms with Crippen molar-refractivity contribution in [1.29, 1.82) is 0 Å². The first-order valence-corrected chi connectivity index (χ1v) is 6.35. The van der Waals surface area contributed by atoms with Crippen molar-refractivity contribution in [3.8, 4) is 0 Å². The highest BCUT2D eigenvalue weighted by atomic mass is 15.3. The van der Waals surface area contributed by atoms with Gasteiger partial charge in [-0.3, -0.25) is 0 Å². The van der Waals surface area contributed by atoms with E-state index in [9.17, 15) is 0 Å². The van der Waals surface area contributed by atoms with E-state index in [1.165, 1.54) is 6.33 Å². The molecule has 0 saturated heterocycles. The summed E-state index contributed by atoms with van der Waals surface area (Å²) < 4.78 is 0. The molecule has 0 fully saturated rings. The molecular formula is C13H25N5. The van der Waals surface area contributed by atoms with Crippen LogP contribution in [-0.4, -0.2) is 16.0 Å². The molecule has 102 valence electrons. The first-order valence-electron chi connectivity index (χ1n) is 6.35. The molecule has 0 aromatic carbocycles. The van der Waals surface area contributed by atoms with Crippen molar-refractivity contribution in [1.82, 2.24) is 9.97 Å². The maximum Gasteiger partial charge on any atom is 0.148 e. The van der Waals surface area contributed by atoms with Gasteiger partial charge in [0.1, 0.15) is 18.0 Å². The third-order valence-electron chi connectivity index (χ3n) is 3.25. The van der Waals surface area contributed by atoms with Gasteiger partial charge in [0.25, 0.3) is 0 Å². The quantitative estimate of drug-likeness (QED) is 0.566. The monoisotopic (exact) mass is 251 g/mol. The highest BCUT2D eigenvalue weighted by molar-refractivity contribution is 5.58. The van der Waals surface area contributed by atoms with Crippen LogP contribution in [0.25, 0.3) is 0 Å². The molecule has 1 rings (SSSR count). The van der Waals surface area contributed by atoms with Crippen LogP contribution in [0, 0.1) is 5.41 Å². The van der Waals surface area contributed by atoms with Gasteiger partial charge in [0.2, 0.25) is 0 Å². The van der Waals surface area contributed by atoms with Gasteiger partial charge in [-0.1, -0.05) is 34.6 Å². The molecule has 0 aliphatic carbocycles. The molecule has 1 aromatic heterocycles. The molecule has 0 saturated carbocycles. The molecule has 0 aliphatic rings. The third-order valence-corrected chi connectivity index (χ3v) is 3.25. The molecule has 0 bridgehead atoms. The van der Waals surface area contributed by atoms with Crippen LogP contribution in [0.5, 0.6) is 0 Å². The van der Waals surface area contributed by atoms with Crippen LogP contribution in [0.4, 0.5) is 11.6 Å². The maximum atomic E-state index is 5.51. The minimum Gasteiger partial charge on any atom is -0.367 e. The summed E-state index contributed by atoms with van der Waals surface area (Å²) in [5, 5.41) is 3.46. The fourth-order valence-electron chi connectivity index (χ4n) is 1.59. The van der Waals surface area contributed by atoms with E-state index >= 15 is 0 Å². The molecule has 1 atom stereocenters. The number of aromatic nitrogens is 2. The maximum absolute atomic E-state index is 5.51. The zero-order valence-electron chi connectivity index (χ0n) is 12.2. The first kappa shape index (κ1) is 14.7. The minimum absolute atomic E-state index is 0.162. The zero-order chi connectivity index (χ0) is 13.9. The molecule has 1 heterocycles. The Balaban J connectivity index is 3.09. The van der Waals surface area contributed by atoms with Crippen LogP contribution in [0.2, 0.25) is 0 Å². The standard InChI is InChI=1S/C13H25N5/c1-8(2)10-11(15-7-16-12(10)18-14)17-9(3)13(4,5)6/h7-9H,14H2,1-6H3,(H2,15,16,17,18). The van der Waals surface area contributed by atoms with E-state index in [4.69, 9.17) is 5.84 Å². The molecule has 0 aliphatic heterocycles. The van der Waals surface area contributed by atoms with E-state index in [1.807, 2.05) is 0 Å². The van der Waals surface area contributed by atoms with E-state index in [2.05, 4.69) is 62.3 Å². The predicted molar refractivity (Wildman–Crippen MR) is 76.5 cm³/mol. The first-order chi connectivity index (χ1) is 8.27. The van der Waals surface area contributed by atoms with E-state index in [1.54, 1.807) is 0 Å². The van der Waals surface area contributed by atoms with Crippen LogP contribution >= 0.6 is 0 Å². The summed E-state index contributed by atoms with van der Waals surface area (Å²) in [4.78, 5) is 8.51. The number of nitrogens with one attached hydrogen (secondary N) is 2. The van der Waals surface area contributed by atoms with Crippen molar-refractivity contribution >= 4 is 11.6 Å². The average molecular weight is 251 g/mol. The Morgan fingerprint density at radius 1 is 1.11 bits per heavy atom. The van der Waals surface area contributed by atoms with Crippen molar-refractivity contribution in [3.63, 3.8) is 0 Å². The second-order valence-electron chi connectivity index (χ2n) is 6.02. The number of anilines is 2. The number of nitrogens with two attached hydrogens (primary N) is 1. The van der Waals surface area contributed by atoms with Crippen LogP contribution in [-0.2, 0) is 0 Å². The molecule has 0 amide bonds. The van der Waals surface area contributed by atoms with Crippen LogP contribution in [0.15, 0.2) is 6.33 Å². The Labute approximate surface area is 110 Å². The summed E-state index contributed by atoms with van der Waals surface area (Å²) in [5.41, 5.74) is 3.82. The zero-order valence-corrected chi connectivity index (χ0v) is 12.2. The summed E-state index contributed by atoms with van der Waals surface area (Å²) in [6.07, 6.45) is 1.53. The number of nitrogen functional groups attached to an aromatic ring is 1. The van der Waals surface area contributed by atoms with Gasteiger partial charge in [-0.2, -0.15) is 0 Å². The van der Waals surface area contributed by atoms with Gasteiger partial charge in [-0.25, -0.2) is 15.8 Å². The van der Waals surface area contributed by atoms with Gasteiger partial charge in [0, 0.05) is 11.6 Å². The number of rotatable bonds is 4. The number of hydrogen-bond acceptors (Lipinski definition) is 5. The van der Waals surface area contributed by atoms with Gasteiger partial charge in [-0.15, -0.1) is 0 Å².